The molecule has 0 atom stereocenters. The van der Waals surface area contributed by atoms with Crippen LogP contribution in [0.1, 0.15) is 20.7 Å². The Morgan fingerprint density at radius 1 is 1.19 bits per heavy atom. The normalized spacial score (nSPS) is 10.2. The average molecular weight is 373 g/mol. The van der Waals surface area contributed by atoms with Crippen molar-refractivity contribution in [3.05, 3.63) is 62.8 Å². The van der Waals surface area contributed by atoms with Gasteiger partial charge in [0.25, 0.3) is 5.91 Å². The van der Waals surface area contributed by atoms with Crippen LogP contribution in [0.25, 0.3) is 0 Å². The Kier molecular flexibility index (Phi) is 4.59. The molecule has 0 saturated heterocycles. The molecule has 0 aliphatic rings. The topological polar surface area (TPSA) is 66.4 Å². The van der Waals surface area contributed by atoms with Crippen LogP contribution in [0.5, 0.6) is 0 Å². The van der Waals surface area contributed by atoms with Crippen molar-refractivity contribution in [1.82, 2.24) is 0 Å². The molecule has 0 aliphatic heterocycles. The number of carboxylic acids is 1. The number of carbonyl (C=O) groups is 2. The smallest absolute Gasteiger partial charge is 0.337 e. The summed E-state index contributed by atoms with van der Waals surface area (Å²) in [6.07, 6.45) is 0. The summed E-state index contributed by atoms with van der Waals surface area (Å²) in [4.78, 5) is 23.3. The minimum Gasteiger partial charge on any atom is -0.478 e. The maximum atomic E-state index is 13.7. The summed E-state index contributed by atoms with van der Waals surface area (Å²) in [5, 5.41) is 11.5. The van der Waals surface area contributed by atoms with Gasteiger partial charge in [0, 0.05) is 4.47 Å². The third-order valence-electron chi connectivity index (χ3n) is 2.67. The number of hydrogen-bond acceptors (Lipinski definition) is 2. The number of halogens is 3. The molecule has 0 spiro atoms. The van der Waals surface area contributed by atoms with Crippen molar-refractivity contribution in [2.24, 2.45) is 0 Å². The van der Waals surface area contributed by atoms with Gasteiger partial charge in [-0.05, 0) is 40.2 Å². The lowest BCUT2D eigenvalue weighted by atomic mass is 10.1. The number of para-hydroxylation sites is 1. The highest BCUT2D eigenvalue weighted by Crippen LogP contribution is 2.28. The number of amides is 1. The molecular weight excluding hydrogens is 365 g/mol. The van der Waals surface area contributed by atoms with Gasteiger partial charge in [0.1, 0.15) is 5.82 Å². The monoisotopic (exact) mass is 371 g/mol. The zero-order chi connectivity index (χ0) is 15.6. The Balaban J connectivity index is 2.44. The summed E-state index contributed by atoms with van der Waals surface area (Å²) in [5.74, 6) is -2.78. The largest absolute Gasteiger partial charge is 0.478 e. The minimum atomic E-state index is -1.25. The molecular formula is C14H8BrClFNO3. The second-order valence-corrected chi connectivity index (χ2v) is 5.28. The molecule has 0 aliphatic carbocycles. The molecule has 2 aromatic carbocycles. The average Bonchev–Trinajstić information content (AvgIpc) is 2.40. The Bertz CT molecular complexity index is 716. The first-order valence-corrected chi connectivity index (χ1v) is 6.86. The van der Waals surface area contributed by atoms with Gasteiger partial charge < -0.3 is 10.4 Å². The van der Waals surface area contributed by atoms with Crippen molar-refractivity contribution >= 4 is 45.1 Å². The summed E-state index contributed by atoms with van der Waals surface area (Å²) in [6, 6.07) is 8.24. The predicted octanol–water partition coefficient (Wildman–Crippen LogP) is 4.19. The molecule has 0 fully saturated rings. The maximum absolute atomic E-state index is 13.7. The van der Waals surface area contributed by atoms with Crippen LogP contribution >= 0.6 is 27.5 Å². The van der Waals surface area contributed by atoms with Crippen molar-refractivity contribution < 1.29 is 19.1 Å². The van der Waals surface area contributed by atoms with Gasteiger partial charge >= 0.3 is 5.97 Å². The quantitative estimate of drug-likeness (QED) is 0.849. The van der Waals surface area contributed by atoms with Gasteiger partial charge in [-0.15, -0.1) is 0 Å². The standard InChI is InChI=1S/C14H8BrClFNO3/c15-8-4-2-6-10(17)11(8)13(19)18-12-7(14(20)21)3-1-5-9(12)16/h1-6H,(H,18,19)(H,20,21). The van der Waals surface area contributed by atoms with Gasteiger partial charge in [-0.2, -0.15) is 0 Å². The van der Waals surface area contributed by atoms with Gasteiger partial charge in [-0.1, -0.05) is 23.7 Å². The van der Waals surface area contributed by atoms with Crippen molar-refractivity contribution in [2.75, 3.05) is 5.32 Å². The van der Waals surface area contributed by atoms with Crippen LogP contribution in [0, 0.1) is 5.82 Å². The molecule has 1 amide bonds. The van der Waals surface area contributed by atoms with Gasteiger partial charge in [0.2, 0.25) is 0 Å². The van der Waals surface area contributed by atoms with Crippen molar-refractivity contribution in [2.45, 2.75) is 0 Å². The second-order valence-electron chi connectivity index (χ2n) is 4.02. The van der Waals surface area contributed by atoms with E-state index in [1.165, 1.54) is 30.3 Å². The Morgan fingerprint density at radius 2 is 1.86 bits per heavy atom. The third-order valence-corrected chi connectivity index (χ3v) is 3.65. The molecule has 0 unspecified atom stereocenters. The van der Waals surface area contributed by atoms with E-state index in [1.54, 1.807) is 0 Å². The fraction of sp³-hybridized carbons (Fsp3) is 0. The first-order chi connectivity index (χ1) is 9.91. The van der Waals surface area contributed by atoms with Crippen LogP contribution in [0.3, 0.4) is 0 Å². The lowest BCUT2D eigenvalue weighted by Gasteiger charge is -2.11. The van der Waals surface area contributed by atoms with E-state index in [1.807, 2.05) is 0 Å². The van der Waals surface area contributed by atoms with Gasteiger partial charge in [0.15, 0.2) is 0 Å². The number of carboxylic acid groups (broad SMARTS) is 1. The molecule has 2 rings (SSSR count). The van der Waals surface area contributed by atoms with Crippen LogP contribution in [0.15, 0.2) is 40.9 Å². The van der Waals surface area contributed by atoms with Crippen LogP contribution in [0.4, 0.5) is 10.1 Å². The van der Waals surface area contributed by atoms with Crippen molar-refractivity contribution in [1.29, 1.82) is 0 Å². The highest BCUT2D eigenvalue weighted by molar-refractivity contribution is 9.10. The zero-order valence-corrected chi connectivity index (χ0v) is 12.7. The summed E-state index contributed by atoms with van der Waals surface area (Å²) in [7, 11) is 0. The number of carbonyl (C=O) groups excluding carboxylic acids is 1. The highest BCUT2D eigenvalue weighted by Gasteiger charge is 2.20. The van der Waals surface area contributed by atoms with Gasteiger partial charge in [0.05, 0.1) is 21.8 Å². The zero-order valence-electron chi connectivity index (χ0n) is 10.4. The molecule has 21 heavy (non-hydrogen) atoms. The Labute approximate surface area is 132 Å². The number of aromatic carboxylic acids is 1. The molecule has 4 nitrogen and oxygen atoms in total. The van der Waals surface area contributed by atoms with Gasteiger partial charge in [-0.3, -0.25) is 4.79 Å². The lowest BCUT2D eigenvalue weighted by Crippen LogP contribution is -2.17. The number of hydrogen-bond donors (Lipinski definition) is 2. The fourth-order valence-electron chi connectivity index (χ4n) is 1.72. The summed E-state index contributed by atoms with van der Waals surface area (Å²) >= 11 is 8.98. The molecule has 0 bridgehead atoms. The molecule has 0 radical (unpaired) electrons. The molecule has 0 saturated carbocycles. The third kappa shape index (κ3) is 3.22. The molecule has 0 heterocycles. The summed E-state index contributed by atoms with van der Waals surface area (Å²) < 4.78 is 14.0. The van der Waals surface area contributed by atoms with E-state index in [4.69, 9.17) is 16.7 Å². The van der Waals surface area contributed by atoms with E-state index in [0.717, 1.165) is 6.07 Å². The van der Waals surface area contributed by atoms with E-state index < -0.39 is 17.7 Å². The minimum absolute atomic E-state index is 0.0516. The summed E-state index contributed by atoms with van der Waals surface area (Å²) in [5.41, 5.74) is -0.483. The van der Waals surface area contributed by atoms with Crippen molar-refractivity contribution in [3.8, 4) is 0 Å². The number of rotatable bonds is 3. The molecule has 0 aromatic heterocycles. The predicted molar refractivity (Wildman–Crippen MR) is 80.5 cm³/mol. The molecule has 7 heteroatoms. The first-order valence-electron chi connectivity index (χ1n) is 5.69. The van der Waals surface area contributed by atoms with Crippen LogP contribution < -0.4 is 5.32 Å². The van der Waals surface area contributed by atoms with E-state index in [-0.39, 0.29) is 26.3 Å². The van der Waals surface area contributed by atoms with E-state index in [9.17, 15) is 14.0 Å². The molecule has 108 valence electrons. The Morgan fingerprint density at radius 3 is 2.48 bits per heavy atom. The summed E-state index contributed by atoms with van der Waals surface area (Å²) in [6.45, 7) is 0. The number of benzene rings is 2. The van der Waals surface area contributed by atoms with Gasteiger partial charge in [-0.25, -0.2) is 9.18 Å². The first kappa shape index (κ1) is 15.5. The SMILES string of the molecule is O=C(O)c1cccc(Cl)c1NC(=O)c1c(F)cccc1Br. The van der Waals surface area contributed by atoms with E-state index >= 15 is 0 Å². The maximum Gasteiger partial charge on any atom is 0.337 e. The van der Waals surface area contributed by atoms with E-state index in [0.29, 0.717) is 0 Å². The highest BCUT2D eigenvalue weighted by atomic mass is 79.9. The van der Waals surface area contributed by atoms with Crippen LogP contribution in [-0.2, 0) is 0 Å². The Hall–Kier alpha value is -1.92. The van der Waals surface area contributed by atoms with Crippen LogP contribution in [-0.4, -0.2) is 17.0 Å². The van der Waals surface area contributed by atoms with Crippen molar-refractivity contribution in [3.63, 3.8) is 0 Å². The fourth-order valence-corrected chi connectivity index (χ4v) is 2.46. The lowest BCUT2D eigenvalue weighted by molar-refractivity contribution is 0.0698. The number of anilines is 1. The molecule has 2 aromatic rings. The second kappa shape index (κ2) is 6.24. The van der Waals surface area contributed by atoms with E-state index in [2.05, 4.69) is 21.2 Å². The molecule has 2 N–H and O–H groups in total. The number of nitrogens with one attached hydrogen (secondary N) is 1. The van der Waals surface area contributed by atoms with Crippen LogP contribution in [0.2, 0.25) is 5.02 Å².